The smallest absolute Gasteiger partial charge is 0.278 e. The van der Waals surface area contributed by atoms with Crippen LogP contribution >= 0.6 is 0 Å². The molecule has 12 nitrogen and oxygen atoms in total. The Morgan fingerprint density at radius 2 is 1.83 bits per heavy atom. The van der Waals surface area contributed by atoms with E-state index in [1.807, 2.05) is 7.05 Å². The number of nitrogens with zero attached hydrogens (tertiary/aromatic N) is 7. The Kier molecular flexibility index (Phi) is 6.36. The lowest BCUT2D eigenvalue weighted by atomic mass is 10.1. The van der Waals surface area contributed by atoms with Crippen LogP contribution in [0, 0.1) is 0 Å². The lowest BCUT2D eigenvalue weighted by Crippen LogP contribution is -2.46. The van der Waals surface area contributed by atoms with Crippen LogP contribution < -0.4 is 16.0 Å². The number of amides is 2. The van der Waals surface area contributed by atoms with Crippen LogP contribution in [0.3, 0.4) is 0 Å². The van der Waals surface area contributed by atoms with Gasteiger partial charge >= 0.3 is 0 Å². The van der Waals surface area contributed by atoms with Gasteiger partial charge in [-0.15, -0.1) is 0 Å². The number of rotatable bonds is 7. The Hall–Kier alpha value is -3.93. The van der Waals surface area contributed by atoms with E-state index in [-0.39, 0.29) is 29.2 Å². The van der Waals surface area contributed by atoms with E-state index in [1.165, 1.54) is 17.2 Å². The monoisotopic (exact) mass is 476 g/mol. The Bertz CT molecular complexity index is 1220. The average Bonchev–Trinajstić information content (AvgIpc) is 3.63. The summed E-state index contributed by atoms with van der Waals surface area (Å²) in [6.07, 6.45) is 11.7. The molecule has 182 valence electrons. The van der Waals surface area contributed by atoms with Gasteiger partial charge < -0.3 is 20.9 Å². The zero-order valence-electron chi connectivity index (χ0n) is 19.7. The van der Waals surface area contributed by atoms with Crippen molar-refractivity contribution in [2.45, 2.75) is 37.6 Å². The standard InChI is InChI=1S/C23H28N10O2/c1-32-7-3-4-15(12-32)29-23(35)20-18(11-27-33(20)2)31-22(34)19-21(28-16-8-24-13-25-9-16)26-10-17(30-19)14-5-6-14/h8-11,13-15H,3-7,12H2,1-2H3,(H,26,28)(H,29,35)(H,31,34). The van der Waals surface area contributed by atoms with Crippen LogP contribution in [0.1, 0.15) is 58.3 Å². The molecule has 2 aliphatic rings. The van der Waals surface area contributed by atoms with Crippen LogP contribution in [-0.4, -0.2) is 72.6 Å². The fourth-order valence-electron chi connectivity index (χ4n) is 4.25. The number of nitrogens with one attached hydrogen (secondary N) is 3. The zero-order valence-corrected chi connectivity index (χ0v) is 19.7. The molecule has 3 aromatic heterocycles. The molecule has 35 heavy (non-hydrogen) atoms. The van der Waals surface area contributed by atoms with E-state index in [1.54, 1.807) is 25.6 Å². The van der Waals surface area contributed by atoms with Crippen molar-refractivity contribution in [3.05, 3.63) is 48.2 Å². The van der Waals surface area contributed by atoms with E-state index < -0.39 is 5.91 Å². The molecule has 1 aliphatic heterocycles. The number of likely N-dealkylation sites (tertiary alicyclic amines) is 1. The number of anilines is 3. The first kappa shape index (κ1) is 22.8. The van der Waals surface area contributed by atoms with E-state index in [9.17, 15) is 9.59 Å². The number of carbonyl (C=O) groups excluding carboxylic acids is 2. The van der Waals surface area contributed by atoms with Crippen LogP contribution in [0.15, 0.2) is 31.1 Å². The van der Waals surface area contributed by atoms with Crippen molar-refractivity contribution < 1.29 is 9.59 Å². The van der Waals surface area contributed by atoms with Crippen molar-refractivity contribution >= 4 is 29.0 Å². The topological polar surface area (TPSA) is 143 Å². The molecule has 5 rings (SSSR count). The molecule has 2 fully saturated rings. The lowest BCUT2D eigenvalue weighted by molar-refractivity contribution is 0.0904. The predicted molar refractivity (Wildman–Crippen MR) is 128 cm³/mol. The summed E-state index contributed by atoms with van der Waals surface area (Å²) >= 11 is 0. The third-order valence-corrected chi connectivity index (χ3v) is 6.19. The molecule has 3 aromatic rings. The minimum atomic E-state index is -0.487. The summed E-state index contributed by atoms with van der Waals surface area (Å²) in [5.74, 6) is -0.171. The minimum Gasteiger partial charge on any atom is -0.347 e. The maximum absolute atomic E-state index is 13.4. The van der Waals surface area contributed by atoms with Gasteiger partial charge in [-0.05, 0) is 39.3 Å². The molecule has 1 unspecified atom stereocenters. The molecule has 0 spiro atoms. The van der Waals surface area contributed by atoms with E-state index in [0.717, 1.165) is 44.5 Å². The van der Waals surface area contributed by atoms with Gasteiger partial charge in [-0.25, -0.2) is 19.9 Å². The number of aryl methyl sites for hydroxylation is 1. The van der Waals surface area contributed by atoms with Gasteiger partial charge in [0, 0.05) is 25.6 Å². The third kappa shape index (κ3) is 5.27. The molecule has 0 bridgehead atoms. The van der Waals surface area contributed by atoms with E-state index in [2.05, 4.69) is 45.9 Å². The molecule has 2 amide bonds. The van der Waals surface area contributed by atoms with Crippen LogP contribution in [0.5, 0.6) is 0 Å². The number of likely N-dealkylation sites (N-methyl/N-ethyl adjacent to an activating group) is 1. The fraction of sp³-hybridized carbons (Fsp3) is 0.435. The summed E-state index contributed by atoms with van der Waals surface area (Å²) in [5, 5.41) is 13.2. The molecule has 12 heteroatoms. The Labute approximate surface area is 202 Å². The number of hydrogen-bond acceptors (Lipinski definition) is 9. The molecule has 1 saturated carbocycles. The van der Waals surface area contributed by atoms with Crippen molar-refractivity contribution in [1.29, 1.82) is 0 Å². The first-order valence-electron chi connectivity index (χ1n) is 11.7. The Morgan fingerprint density at radius 1 is 1.03 bits per heavy atom. The van der Waals surface area contributed by atoms with Gasteiger partial charge in [0.15, 0.2) is 11.5 Å². The number of hydrogen-bond donors (Lipinski definition) is 3. The van der Waals surface area contributed by atoms with Crippen molar-refractivity contribution in [1.82, 2.24) is 39.9 Å². The zero-order chi connectivity index (χ0) is 24.4. The second-order valence-electron chi connectivity index (χ2n) is 9.08. The number of carbonyl (C=O) groups is 2. The first-order chi connectivity index (χ1) is 17.0. The molecule has 1 atom stereocenters. The van der Waals surface area contributed by atoms with E-state index >= 15 is 0 Å². The summed E-state index contributed by atoms with van der Waals surface area (Å²) in [7, 11) is 3.71. The van der Waals surface area contributed by atoms with Gasteiger partial charge in [-0.3, -0.25) is 14.3 Å². The molecule has 1 aliphatic carbocycles. The largest absolute Gasteiger partial charge is 0.347 e. The SMILES string of the molecule is CN1CCCC(NC(=O)c2c(NC(=O)c3nc(C4CC4)cnc3Nc3cncnc3)cnn2C)C1. The second kappa shape index (κ2) is 9.74. The number of piperidine rings is 1. The van der Waals surface area contributed by atoms with E-state index in [4.69, 9.17) is 0 Å². The molecule has 0 aromatic carbocycles. The Morgan fingerprint density at radius 3 is 2.57 bits per heavy atom. The highest BCUT2D eigenvalue weighted by Crippen LogP contribution is 2.39. The quantitative estimate of drug-likeness (QED) is 0.464. The third-order valence-electron chi connectivity index (χ3n) is 6.19. The summed E-state index contributed by atoms with van der Waals surface area (Å²) in [6, 6.07) is 0.0460. The first-order valence-corrected chi connectivity index (χ1v) is 11.7. The van der Waals surface area contributed by atoms with Crippen molar-refractivity contribution in [2.24, 2.45) is 7.05 Å². The van der Waals surface area contributed by atoms with Crippen molar-refractivity contribution in [3.8, 4) is 0 Å². The predicted octanol–water partition coefficient (Wildman–Crippen LogP) is 1.70. The fourth-order valence-corrected chi connectivity index (χ4v) is 4.25. The van der Waals surface area contributed by atoms with Crippen molar-refractivity contribution in [2.75, 3.05) is 30.8 Å². The summed E-state index contributed by atoms with van der Waals surface area (Å²) in [6.45, 7) is 1.80. The second-order valence-corrected chi connectivity index (χ2v) is 9.08. The highest BCUT2D eigenvalue weighted by atomic mass is 16.2. The van der Waals surface area contributed by atoms with Crippen LogP contribution in [0.25, 0.3) is 0 Å². The lowest BCUT2D eigenvalue weighted by Gasteiger charge is -2.30. The highest BCUT2D eigenvalue weighted by Gasteiger charge is 2.29. The highest BCUT2D eigenvalue weighted by molar-refractivity contribution is 6.09. The number of aromatic nitrogens is 6. The normalized spacial score (nSPS) is 18.2. The van der Waals surface area contributed by atoms with Crippen LogP contribution in [0.4, 0.5) is 17.2 Å². The van der Waals surface area contributed by atoms with E-state index in [0.29, 0.717) is 17.3 Å². The van der Waals surface area contributed by atoms with Crippen LogP contribution in [0.2, 0.25) is 0 Å². The molecule has 4 heterocycles. The molecule has 1 saturated heterocycles. The van der Waals surface area contributed by atoms with Gasteiger partial charge in [-0.2, -0.15) is 5.10 Å². The molecule has 3 N–H and O–H groups in total. The van der Waals surface area contributed by atoms with Gasteiger partial charge in [0.1, 0.15) is 12.0 Å². The summed E-state index contributed by atoms with van der Waals surface area (Å²) in [4.78, 5) is 45.7. The summed E-state index contributed by atoms with van der Waals surface area (Å²) in [5.41, 5.74) is 2.07. The molecular formula is C23H28N10O2. The maximum Gasteiger partial charge on any atom is 0.278 e. The molecular weight excluding hydrogens is 448 g/mol. The minimum absolute atomic E-state index is 0.0460. The van der Waals surface area contributed by atoms with Gasteiger partial charge in [0.05, 0.1) is 41.9 Å². The van der Waals surface area contributed by atoms with Crippen LogP contribution in [-0.2, 0) is 7.05 Å². The van der Waals surface area contributed by atoms with Gasteiger partial charge in [0.25, 0.3) is 11.8 Å². The van der Waals surface area contributed by atoms with Gasteiger partial charge in [0.2, 0.25) is 0 Å². The van der Waals surface area contributed by atoms with Gasteiger partial charge in [-0.1, -0.05) is 0 Å². The van der Waals surface area contributed by atoms with Crippen molar-refractivity contribution in [3.63, 3.8) is 0 Å². The average molecular weight is 477 g/mol. The Balaban J connectivity index is 1.38. The maximum atomic E-state index is 13.4. The summed E-state index contributed by atoms with van der Waals surface area (Å²) < 4.78 is 1.46. The molecule has 0 radical (unpaired) electrons.